The second-order valence-corrected chi connectivity index (χ2v) is 10.4. The second-order valence-electron chi connectivity index (χ2n) is 6.95. The van der Waals surface area contributed by atoms with E-state index in [4.69, 9.17) is 23.2 Å². The number of nitrogens with zero attached hydrogens (tertiary/aromatic N) is 5. The summed E-state index contributed by atoms with van der Waals surface area (Å²) in [6.45, 7) is 0. The molecule has 4 N–H and O–H groups in total. The molecule has 4 rings (SSSR count). The zero-order valence-corrected chi connectivity index (χ0v) is 26.5. The molecule has 0 aliphatic heterocycles. The molecular formula is C19H12Cl2N6Na2O7S2. The minimum atomic E-state index is -4.94. The third kappa shape index (κ3) is 7.59. The van der Waals surface area contributed by atoms with Gasteiger partial charge in [0.25, 0.3) is 20.2 Å². The van der Waals surface area contributed by atoms with Crippen LogP contribution in [0.25, 0.3) is 10.8 Å². The first kappa shape index (κ1) is 32.7. The molecule has 13 nitrogen and oxygen atoms in total. The normalized spacial score (nSPS) is 11.7. The summed E-state index contributed by atoms with van der Waals surface area (Å²) in [5, 5.41) is 20.8. The van der Waals surface area contributed by atoms with Crippen LogP contribution in [0.4, 0.5) is 23.0 Å². The monoisotopic (exact) mass is 616 g/mol. The molecule has 0 fully saturated rings. The summed E-state index contributed by atoms with van der Waals surface area (Å²) < 4.78 is 66.4. The van der Waals surface area contributed by atoms with Gasteiger partial charge in [-0.1, -0.05) is 12.1 Å². The summed E-state index contributed by atoms with van der Waals surface area (Å²) in [5.41, 5.74) is -0.667. The molecule has 0 unspecified atom stereocenters. The van der Waals surface area contributed by atoms with Gasteiger partial charge in [-0.3, -0.25) is 9.11 Å². The van der Waals surface area contributed by atoms with Gasteiger partial charge in [0, 0.05) is 70.2 Å². The molecule has 2 radical (unpaired) electrons. The van der Waals surface area contributed by atoms with E-state index in [0.29, 0.717) is 5.69 Å². The number of phenolic OH excluding ortho intramolecular Hbond substituents is 1. The van der Waals surface area contributed by atoms with E-state index in [2.05, 4.69) is 30.5 Å². The maximum Gasteiger partial charge on any atom is 0.296 e. The van der Waals surface area contributed by atoms with Crippen LogP contribution in [0.1, 0.15) is 0 Å². The minimum absolute atomic E-state index is 0. The van der Waals surface area contributed by atoms with Gasteiger partial charge >= 0.3 is 0 Å². The summed E-state index contributed by atoms with van der Waals surface area (Å²) in [6.07, 6.45) is 0. The molecule has 0 saturated carbocycles. The van der Waals surface area contributed by atoms with Crippen molar-refractivity contribution in [1.29, 1.82) is 0 Å². The molecule has 4 aromatic rings. The van der Waals surface area contributed by atoms with Crippen molar-refractivity contribution in [1.82, 2.24) is 15.0 Å². The van der Waals surface area contributed by atoms with Gasteiger partial charge in [-0.15, -0.1) is 10.2 Å². The van der Waals surface area contributed by atoms with Crippen LogP contribution >= 0.6 is 23.2 Å². The third-order valence-corrected chi connectivity index (χ3v) is 6.67. The Kier molecular flexibility index (Phi) is 11.0. The zero-order chi connectivity index (χ0) is 26.3. The number of hydrogen-bond donors (Lipinski definition) is 4. The van der Waals surface area contributed by atoms with Crippen molar-refractivity contribution in [3.05, 3.63) is 59.1 Å². The Morgan fingerprint density at radius 3 is 2.00 bits per heavy atom. The number of nitrogens with one attached hydrogen (secondary N) is 1. The quantitative estimate of drug-likeness (QED) is 0.139. The van der Waals surface area contributed by atoms with Gasteiger partial charge in [-0.05, 0) is 65.0 Å². The molecule has 1 heterocycles. The largest absolute Gasteiger partial charge is 0.505 e. The Bertz CT molecular complexity index is 1760. The van der Waals surface area contributed by atoms with Gasteiger partial charge in [-0.25, -0.2) is 0 Å². The number of azo groups is 1. The SMILES string of the molecule is O=S(=O)(O)c1ccccc1N=Nc1c(S(=O)(=O)O)cc2cc(Nc3nc(Cl)nc(Cl)n3)ccc2c1O.[Na].[Na]. The maximum atomic E-state index is 12.1. The zero-order valence-electron chi connectivity index (χ0n) is 19.4. The summed E-state index contributed by atoms with van der Waals surface area (Å²) in [5.74, 6) is -0.687. The van der Waals surface area contributed by atoms with Crippen LogP contribution in [0.5, 0.6) is 5.75 Å². The van der Waals surface area contributed by atoms with E-state index >= 15 is 0 Å². The molecule has 0 saturated heterocycles. The number of rotatable bonds is 6. The number of aromatic nitrogens is 3. The molecule has 0 spiro atoms. The summed E-state index contributed by atoms with van der Waals surface area (Å²) >= 11 is 11.5. The van der Waals surface area contributed by atoms with Crippen LogP contribution in [0, 0.1) is 0 Å². The van der Waals surface area contributed by atoms with E-state index in [1.165, 1.54) is 36.4 Å². The predicted molar refractivity (Wildman–Crippen MR) is 140 cm³/mol. The van der Waals surface area contributed by atoms with E-state index in [9.17, 15) is 31.0 Å². The Morgan fingerprint density at radius 1 is 0.789 bits per heavy atom. The average molecular weight is 617 g/mol. The van der Waals surface area contributed by atoms with Crippen LogP contribution in [-0.2, 0) is 20.2 Å². The fourth-order valence-corrected chi connectivity index (χ4v) is 4.74. The van der Waals surface area contributed by atoms with Gasteiger partial charge in [-0.2, -0.15) is 31.8 Å². The van der Waals surface area contributed by atoms with Gasteiger partial charge < -0.3 is 10.4 Å². The average Bonchev–Trinajstić information content (AvgIpc) is 2.76. The minimum Gasteiger partial charge on any atom is -0.505 e. The van der Waals surface area contributed by atoms with Gasteiger partial charge in [0.05, 0.1) is 0 Å². The third-order valence-electron chi connectivity index (χ3n) is 4.57. The molecule has 19 heteroatoms. The van der Waals surface area contributed by atoms with Crippen molar-refractivity contribution < 1.29 is 31.0 Å². The molecule has 188 valence electrons. The van der Waals surface area contributed by atoms with Crippen molar-refractivity contribution >= 4 is 136 Å². The second kappa shape index (κ2) is 12.8. The molecule has 3 aromatic carbocycles. The topological polar surface area (TPSA) is 204 Å². The van der Waals surface area contributed by atoms with E-state index in [1.54, 1.807) is 0 Å². The summed E-state index contributed by atoms with van der Waals surface area (Å²) in [7, 11) is -9.62. The first-order valence-corrected chi connectivity index (χ1v) is 13.1. The molecule has 38 heavy (non-hydrogen) atoms. The first-order chi connectivity index (χ1) is 16.8. The van der Waals surface area contributed by atoms with Crippen molar-refractivity contribution in [2.24, 2.45) is 10.2 Å². The van der Waals surface area contributed by atoms with Gasteiger partial charge in [0.1, 0.15) is 21.2 Å². The number of halogens is 2. The van der Waals surface area contributed by atoms with Crippen molar-refractivity contribution in [3.63, 3.8) is 0 Å². The first-order valence-electron chi connectivity index (χ1n) is 9.42. The molecule has 0 aliphatic carbocycles. The molecule has 0 aliphatic rings. The number of aromatic hydroxyl groups is 1. The standard InChI is InChI=1S/C19H12Cl2N6O7S2.2Na/c20-17-23-18(21)25-19(24-17)22-10-5-6-11-9(7-10)8-14(36(32,33)34)15(16(11)28)27-26-12-3-1-2-4-13(12)35(29,30)31;;/h1-8,28H,(H,29,30,31)(H,32,33,34)(H,22,23,24,25);;. The Morgan fingerprint density at radius 2 is 1.39 bits per heavy atom. The number of phenols is 1. The Labute approximate surface area is 269 Å². The summed E-state index contributed by atoms with van der Waals surface area (Å²) in [6, 6.07) is 10.3. The van der Waals surface area contributed by atoms with E-state index in [-0.39, 0.29) is 92.1 Å². The van der Waals surface area contributed by atoms with Crippen molar-refractivity contribution in [2.75, 3.05) is 5.32 Å². The fourth-order valence-electron chi connectivity index (χ4n) is 3.10. The summed E-state index contributed by atoms with van der Waals surface area (Å²) in [4.78, 5) is 9.90. The number of hydrogen-bond acceptors (Lipinski definition) is 11. The van der Waals surface area contributed by atoms with Crippen LogP contribution in [0.15, 0.2) is 68.6 Å². The smallest absolute Gasteiger partial charge is 0.296 e. The van der Waals surface area contributed by atoms with Crippen LogP contribution in [-0.4, -0.2) is 105 Å². The molecular weight excluding hydrogens is 605 g/mol. The van der Waals surface area contributed by atoms with Gasteiger partial charge in [0.2, 0.25) is 16.5 Å². The molecule has 0 atom stereocenters. The fraction of sp³-hybridized carbons (Fsp3) is 0. The van der Waals surface area contributed by atoms with Gasteiger partial charge in [0.15, 0.2) is 5.75 Å². The van der Waals surface area contributed by atoms with Crippen LogP contribution < -0.4 is 5.32 Å². The molecule has 0 amide bonds. The molecule has 0 bridgehead atoms. The van der Waals surface area contributed by atoms with Crippen LogP contribution in [0.3, 0.4) is 0 Å². The van der Waals surface area contributed by atoms with Crippen molar-refractivity contribution in [3.8, 4) is 5.75 Å². The van der Waals surface area contributed by atoms with E-state index < -0.39 is 41.5 Å². The maximum absolute atomic E-state index is 12.1. The number of fused-ring (bicyclic) bond motifs is 1. The Hall–Kier alpha value is -1.47. The van der Waals surface area contributed by atoms with Crippen LogP contribution in [0.2, 0.25) is 10.6 Å². The number of anilines is 2. The van der Waals surface area contributed by atoms with E-state index in [1.807, 2.05) is 0 Å². The predicted octanol–water partition coefficient (Wildman–Crippen LogP) is 3.93. The Balaban J connectivity index is 0.00000253. The number of benzene rings is 3. The van der Waals surface area contributed by atoms with Crippen molar-refractivity contribution in [2.45, 2.75) is 9.79 Å². The van der Waals surface area contributed by atoms with E-state index in [0.717, 1.165) is 12.1 Å². The molecule has 1 aromatic heterocycles.